The number of benzene rings is 1. The Balaban J connectivity index is 2.17. The third kappa shape index (κ3) is 4.35. The molecule has 2 nitrogen and oxygen atoms in total. The van der Waals surface area contributed by atoms with Gasteiger partial charge in [0.05, 0.1) is 0 Å². The Morgan fingerprint density at radius 2 is 1.37 bits per heavy atom. The Morgan fingerprint density at radius 1 is 0.867 bits per heavy atom. The summed E-state index contributed by atoms with van der Waals surface area (Å²) >= 11 is 7.21. The molecule has 2 unspecified atom stereocenters. The van der Waals surface area contributed by atoms with E-state index in [4.69, 9.17) is 11.6 Å². The zero-order chi connectivity index (χ0) is 22.2. The van der Waals surface area contributed by atoms with Gasteiger partial charge in [-0.25, -0.2) is 4.57 Å². The summed E-state index contributed by atoms with van der Waals surface area (Å²) in [7, 11) is 0. The fourth-order valence-corrected chi connectivity index (χ4v) is 5.99. The molecule has 30 heavy (non-hydrogen) atoms. The molecule has 1 saturated carbocycles. The Hall–Kier alpha value is -1.28. The number of imidazole rings is 1. The highest BCUT2D eigenvalue weighted by Gasteiger charge is 2.42. The lowest BCUT2D eigenvalue weighted by Gasteiger charge is -2.40. The predicted molar refractivity (Wildman–Crippen MR) is 129 cm³/mol. The fourth-order valence-electron chi connectivity index (χ4n) is 5.68. The van der Waals surface area contributed by atoms with Crippen LogP contribution < -0.4 is 4.57 Å². The molecule has 0 spiro atoms. The molecule has 1 heterocycles. The molecule has 0 aliphatic heterocycles. The van der Waals surface area contributed by atoms with Crippen molar-refractivity contribution in [3.8, 4) is 5.69 Å². The molecule has 1 aliphatic carbocycles. The van der Waals surface area contributed by atoms with Crippen LogP contribution in [0.5, 0.6) is 0 Å². The average molecular weight is 430 g/mol. The summed E-state index contributed by atoms with van der Waals surface area (Å²) in [5, 5.41) is 0.855. The van der Waals surface area contributed by atoms with Crippen LogP contribution in [0.25, 0.3) is 5.69 Å². The highest BCUT2D eigenvalue weighted by Crippen LogP contribution is 2.43. The van der Waals surface area contributed by atoms with Crippen molar-refractivity contribution >= 4 is 11.6 Å². The van der Waals surface area contributed by atoms with Crippen LogP contribution in [-0.2, 0) is 0 Å². The molecule has 1 aliphatic rings. The van der Waals surface area contributed by atoms with Crippen LogP contribution in [0, 0.1) is 23.7 Å². The van der Waals surface area contributed by atoms with Gasteiger partial charge in [-0.15, -0.1) is 0 Å². The Labute approximate surface area is 189 Å². The van der Waals surface area contributed by atoms with Crippen LogP contribution in [0.2, 0.25) is 5.28 Å². The minimum absolute atomic E-state index is 0.451. The lowest BCUT2D eigenvalue weighted by Crippen LogP contribution is -2.51. The van der Waals surface area contributed by atoms with Crippen LogP contribution in [0.15, 0.2) is 30.6 Å². The normalized spacial score (nSPS) is 22.6. The number of hydrogen-bond donors (Lipinski definition) is 0. The topological polar surface area (TPSA) is 8.81 Å². The Bertz CT molecular complexity index is 804. The van der Waals surface area contributed by atoms with Crippen LogP contribution in [0.1, 0.15) is 104 Å². The van der Waals surface area contributed by atoms with E-state index in [1.54, 1.807) is 0 Å². The first kappa shape index (κ1) is 23.4. The standard InChI is InChI=1S/C27H42ClN2/c1-17(2)21-11-9-12-22(18(3)4)25(21)29-15-16-30(27(29)28)26-23(19(5)6)13-10-14-24(26)20(7)8/h9,11-12,15-20,23-24,26H,10,13-14H2,1-8H3/q+1. The first-order valence-electron chi connectivity index (χ1n) is 12.1. The van der Waals surface area contributed by atoms with Crippen molar-refractivity contribution in [2.75, 3.05) is 0 Å². The molecule has 0 radical (unpaired) electrons. The van der Waals surface area contributed by atoms with Crippen molar-refractivity contribution < 1.29 is 4.57 Å². The summed E-state index contributed by atoms with van der Waals surface area (Å²) in [5.74, 6) is 3.58. The molecule has 1 fully saturated rings. The molecule has 2 atom stereocenters. The van der Waals surface area contributed by atoms with E-state index in [-0.39, 0.29) is 0 Å². The molecule has 1 aromatic heterocycles. The maximum atomic E-state index is 7.21. The zero-order valence-electron chi connectivity index (χ0n) is 20.3. The molecule has 0 amide bonds. The Morgan fingerprint density at radius 3 is 1.80 bits per heavy atom. The summed E-state index contributed by atoms with van der Waals surface area (Å²) in [6.45, 7) is 18.7. The van der Waals surface area contributed by atoms with E-state index in [9.17, 15) is 0 Å². The Kier molecular flexibility index (Phi) is 7.38. The molecule has 1 aromatic carbocycles. The smallest absolute Gasteiger partial charge is 0.216 e. The third-order valence-corrected chi connectivity index (χ3v) is 7.73. The van der Waals surface area contributed by atoms with E-state index < -0.39 is 0 Å². The number of nitrogens with zero attached hydrogens (tertiary/aromatic N) is 2. The third-order valence-electron chi connectivity index (χ3n) is 7.36. The van der Waals surface area contributed by atoms with Gasteiger partial charge in [0, 0.05) is 34.6 Å². The molecule has 3 rings (SSSR count). The maximum Gasteiger partial charge on any atom is 0.360 e. The van der Waals surface area contributed by atoms with Crippen LogP contribution in [0.4, 0.5) is 0 Å². The molecule has 0 N–H and O–H groups in total. The van der Waals surface area contributed by atoms with Crippen LogP contribution in [0.3, 0.4) is 0 Å². The largest absolute Gasteiger partial charge is 0.360 e. The minimum Gasteiger partial charge on any atom is -0.216 e. The van der Waals surface area contributed by atoms with Gasteiger partial charge in [-0.1, -0.05) is 80.0 Å². The van der Waals surface area contributed by atoms with Gasteiger partial charge in [0.2, 0.25) is 0 Å². The lowest BCUT2D eigenvalue weighted by molar-refractivity contribution is -0.738. The number of halogens is 1. The van der Waals surface area contributed by atoms with E-state index in [1.165, 1.54) is 36.1 Å². The molecular formula is C27H42ClN2+. The first-order valence-corrected chi connectivity index (χ1v) is 12.4. The van der Waals surface area contributed by atoms with Gasteiger partial charge in [0.25, 0.3) is 0 Å². The van der Waals surface area contributed by atoms with Crippen molar-refractivity contribution in [3.05, 3.63) is 47.0 Å². The van der Waals surface area contributed by atoms with Crippen molar-refractivity contribution in [1.29, 1.82) is 0 Å². The second-order valence-electron chi connectivity index (χ2n) is 10.7. The van der Waals surface area contributed by atoms with Crippen molar-refractivity contribution in [1.82, 2.24) is 4.57 Å². The number of aromatic nitrogens is 2. The van der Waals surface area contributed by atoms with Crippen molar-refractivity contribution in [3.63, 3.8) is 0 Å². The summed E-state index contributed by atoms with van der Waals surface area (Å²) in [4.78, 5) is 0. The lowest BCUT2D eigenvalue weighted by atomic mass is 9.68. The highest BCUT2D eigenvalue weighted by atomic mass is 35.5. The van der Waals surface area contributed by atoms with E-state index in [1.807, 2.05) is 0 Å². The SMILES string of the molecule is CC(C)c1cccc(C(C)C)c1-n1cc[n+](C2C(C(C)C)CCCC2C(C)C)c1Cl. The number of para-hydroxylation sites is 1. The van der Waals surface area contributed by atoms with E-state index >= 15 is 0 Å². The molecule has 0 bridgehead atoms. The van der Waals surface area contributed by atoms with Crippen LogP contribution >= 0.6 is 11.6 Å². The molecule has 0 saturated heterocycles. The summed E-state index contributed by atoms with van der Waals surface area (Å²) < 4.78 is 4.67. The van der Waals surface area contributed by atoms with Crippen molar-refractivity contribution in [2.24, 2.45) is 23.7 Å². The van der Waals surface area contributed by atoms with E-state index in [0.717, 1.165) is 5.28 Å². The number of hydrogen-bond acceptors (Lipinski definition) is 0. The predicted octanol–water partition coefficient (Wildman–Crippen LogP) is 7.93. The second kappa shape index (κ2) is 9.47. The van der Waals surface area contributed by atoms with Crippen molar-refractivity contribution in [2.45, 2.75) is 92.5 Å². The van der Waals surface area contributed by atoms with E-state index in [2.05, 4.69) is 95.1 Å². The van der Waals surface area contributed by atoms with Gasteiger partial charge in [0.1, 0.15) is 24.1 Å². The van der Waals surface area contributed by atoms with Gasteiger partial charge in [-0.3, -0.25) is 0 Å². The monoisotopic (exact) mass is 429 g/mol. The van der Waals surface area contributed by atoms with Gasteiger partial charge in [0.15, 0.2) is 0 Å². The zero-order valence-corrected chi connectivity index (χ0v) is 21.1. The number of rotatable bonds is 6. The van der Waals surface area contributed by atoms with Gasteiger partial charge in [-0.05, 0) is 36.5 Å². The average Bonchev–Trinajstić information content (AvgIpc) is 3.07. The maximum absolute atomic E-state index is 7.21. The summed E-state index contributed by atoms with van der Waals surface area (Å²) in [6, 6.07) is 7.20. The molecule has 2 aromatic rings. The van der Waals surface area contributed by atoms with Gasteiger partial charge >= 0.3 is 5.28 Å². The summed E-state index contributed by atoms with van der Waals surface area (Å²) in [6.07, 6.45) is 8.41. The minimum atomic E-state index is 0.451. The molecule has 3 heteroatoms. The fraction of sp³-hybridized carbons (Fsp3) is 0.667. The van der Waals surface area contributed by atoms with Gasteiger partial charge < -0.3 is 0 Å². The first-order chi connectivity index (χ1) is 14.1. The van der Waals surface area contributed by atoms with Gasteiger partial charge in [-0.2, -0.15) is 4.57 Å². The van der Waals surface area contributed by atoms with E-state index in [0.29, 0.717) is 41.5 Å². The molecular weight excluding hydrogens is 388 g/mol. The van der Waals surface area contributed by atoms with Crippen LogP contribution in [-0.4, -0.2) is 4.57 Å². The summed E-state index contributed by atoms with van der Waals surface area (Å²) in [5.41, 5.74) is 4.02. The second-order valence-corrected chi connectivity index (χ2v) is 11.0. The quantitative estimate of drug-likeness (QED) is 0.412. The highest BCUT2D eigenvalue weighted by molar-refractivity contribution is 6.27. The molecule has 166 valence electrons.